The first-order valence-corrected chi connectivity index (χ1v) is 8.30. The summed E-state index contributed by atoms with van der Waals surface area (Å²) < 4.78 is 21.4. The molecule has 138 valence electrons. The summed E-state index contributed by atoms with van der Waals surface area (Å²) in [5.74, 6) is 1.73. The Bertz CT molecular complexity index is 859. The zero-order valence-corrected chi connectivity index (χ0v) is 15.0. The molecule has 1 atom stereocenters. The van der Waals surface area contributed by atoms with Gasteiger partial charge in [-0.2, -0.15) is 0 Å². The van der Waals surface area contributed by atoms with Crippen molar-refractivity contribution >= 4 is 5.91 Å². The topological polar surface area (TPSA) is 78.2 Å². The van der Waals surface area contributed by atoms with E-state index >= 15 is 0 Å². The maximum atomic E-state index is 12.9. The van der Waals surface area contributed by atoms with Crippen molar-refractivity contribution in [2.75, 3.05) is 27.3 Å². The highest BCUT2D eigenvalue weighted by molar-refractivity contribution is 5.98. The molecule has 1 aliphatic rings. The number of aryl methyl sites for hydroxylation is 1. The summed E-state index contributed by atoms with van der Waals surface area (Å²) in [4.78, 5) is 26.0. The van der Waals surface area contributed by atoms with E-state index in [2.05, 4.69) is 0 Å². The van der Waals surface area contributed by atoms with Crippen LogP contribution in [0.25, 0.3) is 0 Å². The van der Waals surface area contributed by atoms with Gasteiger partial charge in [0.05, 0.1) is 32.4 Å². The normalized spacial score (nSPS) is 16.4. The van der Waals surface area contributed by atoms with E-state index in [-0.39, 0.29) is 12.0 Å². The van der Waals surface area contributed by atoms with Gasteiger partial charge in [-0.15, -0.1) is 0 Å². The molecular weight excluding hydrogens is 338 g/mol. The summed E-state index contributed by atoms with van der Waals surface area (Å²) in [5, 5.41) is 0. The smallest absolute Gasteiger partial charge is 0.339 e. The van der Waals surface area contributed by atoms with Crippen LogP contribution in [0.1, 0.15) is 22.5 Å². The van der Waals surface area contributed by atoms with Gasteiger partial charge in [0.2, 0.25) is 0 Å². The fourth-order valence-corrected chi connectivity index (χ4v) is 3.07. The fourth-order valence-electron chi connectivity index (χ4n) is 3.07. The molecule has 1 unspecified atom stereocenters. The highest BCUT2D eigenvalue weighted by Gasteiger charge is 2.30. The standard InChI is InChI=1S/C19H21NO6/c1-12-9-14(10-17(21)25-12)26-13-7-8-20(11-13)19(22)15-5-4-6-16(23-2)18(15)24-3/h4-6,9-10,13H,7-8,11H2,1-3H3. The number of ether oxygens (including phenoxy) is 3. The molecular formula is C19H21NO6. The maximum Gasteiger partial charge on any atom is 0.339 e. The third-order valence-electron chi connectivity index (χ3n) is 4.24. The number of nitrogens with zero attached hydrogens (tertiary/aromatic N) is 1. The Morgan fingerprint density at radius 1 is 1.23 bits per heavy atom. The van der Waals surface area contributed by atoms with Crippen molar-refractivity contribution in [1.82, 2.24) is 4.90 Å². The molecule has 1 aliphatic heterocycles. The van der Waals surface area contributed by atoms with Gasteiger partial charge in [-0.3, -0.25) is 4.79 Å². The van der Waals surface area contributed by atoms with Crippen LogP contribution in [0.5, 0.6) is 17.2 Å². The largest absolute Gasteiger partial charge is 0.493 e. The van der Waals surface area contributed by atoms with Crippen molar-refractivity contribution in [3.8, 4) is 17.2 Å². The molecule has 1 aromatic heterocycles. The molecule has 0 radical (unpaired) electrons. The highest BCUT2D eigenvalue weighted by atomic mass is 16.5. The van der Waals surface area contributed by atoms with Crippen molar-refractivity contribution in [2.24, 2.45) is 0 Å². The molecule has 1 fully saturated rings. The molecule has 1 saturated heterocycles. The van der Waals surface area contributed by atoms with Crippen molar-refractivity contribution in [3.63, 3.8) is 0 Å². The van der Waals surface area contributed by atoms with Gasteiger partial charge in [0.25, 0.3) is 5.91 Å². The average molecular weight is 359 g/mol. The molecule has 0 aliphatic carbocycles. The van der Waals surface area contributed by atoms with Crippen LogP contribution in [0.3, 0.4) is 0 Å². The highest BCUT2D eigenvalue weighted by Crippen LogP contribution is 2.32. The summed E-state index contributed by atoms with van der Waals surface area (Å²) in [6.45, 7) is 2.68. The van der Waals surface area contributed by atoms with Gasteiger partial charge in [-0.25, -0.2) is 4.79 Å². The molecule has 7 heteroatoms. The molecule has 0 spiro atoms. The van der Waals surface area contributed by atoms with Gasteiger partial charge < -0.3 is 23.5 Å². The van der Waals surface area contributed by atoms with Gasteiger partial charge in [-0.1, -0.05) is 6.07 Å². The van der Waals surface area contributed by atoms with Crippen LogP contribution in [0.15, 0.2) is 39.5 Å². The Kier molecular flexibility index (Phi) is 5.16. The lowest BCUT2D eigenvalue weighted by Crippen LogP contribution is -2.31. The Labute approximate surface area is 151 Å². The third kappa shape index (κ3) is 3.66. The van der Waals surface area contributed by atoms with E-state index in [1.165, 1.54) is 20.3 Å². The van der Waals surface area contributed by atoms with Crippen LogP contribution in [0.4, 0.5) is 0 Å². The molecule has 1 aromatic carbocycles. The first-order valence-electron chi connectivity index (χ1n) is 8.30. The summed E-state index contributed by atoms with van der Waals surface area (Å²) in [6.07, 6.45) is 0.494. The number of amides is 1. The zero-order valence-electron chi connectivity index (χ0n) is 15.0. The van der Waals surface area contributed by atoms with E-state index in [4.69, 9.17) is 18.6 Å². The maximum absolute atomic E-state index is 12.9. The van der Waals surface area contributed by atoms with Crippen molar-refractivity contribution in [1.29, 1.82) is 0 Å². The van der Waals surface area contributed by atoms with Gasteiger partial charge in [0, 0.05) is 19.0 Å². The second-order valence-corrected chi connectivity index (χ2v) is 6.04. The predicted molar refractivity (Wildman–Crippen MR) is 94.2 cm³/mol. The first-order chi connectivity index (χ1) is 12.5. The van der Waals surface area contributed by atoms with Crippen molar-refractivity contribution < 1.29 is 23.4 Å². The number of para-hydroxylation sites is 1. The fraction of sp³-hybridized carbons (Fsp3) is 0.368. The molecule has 2 aromatic rings. The second kappa shape index (κ2) is 7.51. The van der Waals surface area contributed by atoms with Gasteiger partial charge in [-0.05, 0) is 19.1 Å². The Morgan fingerprint density at radius 2 is 2.04 bits per heavy atom. The van der Waals surface area contributed by atoms with Crippen LogP contribution >= 0.6 is 0 Å². The molecule has 0 saturated carbocycles. The summed E-state index contributed by atoms with van der Waals surface area (Å²) in [5.41, 5.74) is -0.00394. The summed E-state index contributed by atoms with van der Waals surface area (Å²) in [7, 11) is 3.04. The third-order valence-corrected chi connectivity index (χ3v) is 4.24. The van der Waals surface area contributed by atoms with Gasteiger partial charge in [0.1, 0.15) is 17.6 Å². The lowest BCUT2D eigenvalue weighted by Gasteiger charge is -2.19. The van der Waals surface area contributed by atoms with Crippen molar-refractivity contribution in [3.05, 3.63) is 52.1 Å². The minimum atomic E-state index is -0.452. The Morgan fingerprint density at radius 3 is 2.73 bits per heavy atom. The number of hydrogen-bond donors (Lipinski definition) is 0. The molecule has 0 bridgehead atoms. The molecule has 0 N–H and O–H groups in total. The Balaban J connectivity index is 1.72. The number of likely N-dealkylation sites (tertiary alicyclic amines) is 1. The first kappa shape index (κ1) is 17.8. The van der Waals surface area contributed by atoms with Gasteiger partial charge >= 0.3 is 5.63 Å². The van der Waals surface area contributed by atoms with Crippen LogP contribution < -0.4 is 19.8 Å². The van der Waals surface area contributed by atoms with Crippen LogP contribution in [-0.2, 0) is 0 Å². The minimum absolute atomic E-state index is 0.143. The lowest BCUT2D eigenvalue weighted by atomic mass is 10.1. The quantitative estimate of drug-likeness (QED) is 0.815. The van der Waals surface area contributed by atoms with Gasteiger partial charge in [0.15, 0.2) is 11.5 Å². The number of rotatable bonds is 5. The minimum Gasteiger partial charge on any atom is -0.493 e. The predicted octanol–water partition coefficient (Wildman–Crippen LogP) is 2.26. The van der Waals surface area contributed by atoms with E-state index in [9.17, 15) is 9.59 Å². The number of methoxy groups -OCH3 is 2. The SMILES string of the molecule is COc1cccc(C(=O)N2CCC(Oc3cc(C)oc(=O)c3)C2)c1OC. The lowest BCUT2D eigenvalue weighted by molar-refractivity contribution is 0.0768. The van der Waals surface area contributed by atoms with E-state index in [1.807, 2.05) is 0 Å². The molecule has 7 nitrogen and oxygen atoms in total. The van der Waals surface area contributed by atoms with E-state index < -0.39 is 5.63 Å². The number of hydrogen-bond acceptors (Lipinski definition) is 6. The monoisotopic (exact) mass is 359 g/mol. The summed E-state index contributed by atoms with van der Waals surface area (Å²) in [6, 6.07) is 8.18. The molecule has 2 heterocycles. The van der Waals surface area contributed by atoms with Crippen LogP contribution in [-0.4, -0.2) is 44.2 Å². The summed E-state index contributed by atoms with van der Waals surface area (Å²) >= 11 is 0. The van der Waals surface area contributed by atoms with Crippen LogP contribution in [0, 0.1) is 6.92 Å². The molecule has 26 heavy (non-hydrogen) atoms. The molecule has 1 amide bonds. The number of carbonyl (C=O) groups excluding carboxylic acids is 1. The second-order valence-electron chi connectivity index (χ2n) is 6.04. The Hall–Kier alpha value is -2.96. The van der Waals surface area contributed by atoms with Crippen molar-refractivity contribution in [2.45, 2.75) is 19.4 Å². The van der Waals surface area contributed by atoms with E-state index in [1.54, 1.807) is 36.1 Å². The van der Waals surface area contributed by atoms with E-state index in [0.29, 0.717) is 48.1 Å². The number of benzene rings is 1. The number of carbonyl (C=O) groups is 1. The zero-order chi connectivity index (χ0) is 18.7. The molecule has 3 rings (SSSR count). The average Bonchev–Trinajstić information content (AvgIpc) is 3.07. The van der Waals surface area contributed by atoms with E-state index in [0.717, 1.165) is 0 Å². The van der Waals surface area contributed by atoms with Crippen LogP contribution in [0.2, 0.25) is 0 Å².